The van der Waals surface area contributed by atoms with Gasteiger partial charge < -0.3 is 15.6 Å². The number of aryl methyl sites for hydroxylation is 2. The van der Waals surface area contributed by atoms with E-state index in [-0.39, 0.29) is 11.5 Å². The van der Waals surface area contributed by atoms with Crippen LogP contribution < -0.4 is 16.6 Å². The van der Waals surface area contributed by atoms with E-state index >= 15 is 0 Å². The SMILES string of the molecule is CCn1cc(-c2c(-c3cccc(C#N)c3)nc(N)n3nc(NCc4ncccc4C)nc23)ccc1=O. The van der Waals surface area contributed by atoms with Crippen molar-refractivity contribution < 1.29 is 0 Å². The van der Waals surface area contributed by atoms with Crippen molar-refractivity contribution in [2.45, 2.75) is 26.9 Å². The lowest BCUT2D eigenvalue weighted by Crippen LogP contribution is -2.17. The first-order valence-electron chi connectivity index (χ1n) is 11.4. The predicted molar refractivity (Wildman–Crippen MR) is 137 cm³/mol. The molecule has 0 bridgehead atoms. The maximum absolute atomic E-state index is 12.3. The fraction of sp³-hybridized carbons (Fsp3) is 0.154. The lowest BCUT2D eigenvalue weighted by molar-refractivity contribution is 0.728. The third kappa shape index (κ3) is 4.14. The molecule has 1 aromatic carbocycles. The number of anilines is 2. The summed E-state index contributed by atoms with van der Waals surface area (Å²) in [5.41, 5.74) is 11.7. The van der Waals surface area contributed by atoms with E-state index in [1.807, 2.05) is 32.0 Å². The van der Waals surface area contributed by atoms with Crippen LogP contribution in [0.1, 0.15) is 23.7 Å². The zero-order valence-corrected chi connectivity index (χ0v) is 19.8. The summed E-state index contributed by atoms with van der Waals surface area (Å²) in [7, 11) is 0. The average Bonchev–Trinajstić information content (AvgIpc) is 3.33. The van der Waals surface area contributed by atoms with Gasteiger partial charge in [-0.05, 0) is 43.7 Å². The molecule has 0 unspecified atom stereocenters. The Morgan fingerprint density at radius 1 is 1.11 bits per heavy atom. The summed E-state index contributed by atoms with van der Waals surface area (Å²) < 4.78 is 3.08. The van der Waals surface area contributed by atoms with Crippen LogP contribution in [0.3, 0.4) is 0 Å². The molecular formula is C26H23N9O. The van der Waals surface area contributed by atoms with Gasteiger partial charge in [-0.3, -0.25) is 9.78 Å². The van der Waals surface area contributed by atoms with Crippen LogP contribution >= 0.6 is 0 Å². The van der Waals surface area contributed by atoms with E-state index < -0.39 is 0 Å². The minimum absolute atomic E-state index is 0.108. The maximum Gasteiger partial charge on any atom is 0.250 e. The van der Waals surface area contributed by atoms with Gasteiger partial charge >= 0.3 is 0 Å². The molecule has 0 spiro atoms. The van der Waals surface area contributed by atoms with Crippen LogP contribution in [0.5, 0.6) is 0 Å². The second kappa shape index (κ2) is 9.31. The topological polar surface area (TPSA) is 140 Å². The van der Waals surface area contributed by atoms with E-state index in [0.29, 0.717) is 47.1 Å². The molecule has 0 aliphatic carbocycles. The van der Waals surface area contributed by atoms with Crippen LogP contribution in [0.25, 0.3) is 28.0 Å². The highest BCUT2D eigenvalue weighted by atomic mass is 16.1. The number of nitrogen functional groups attached to an aromatic ring is 1. The molecule has 36 heavy (non-hydrogen) atoms. The first-order valence-corrected chi connectivity index (χ1v) is 11.4. The van der Waals surface area contributed by atoms with Crippen molar-refractivity contribution in [3.63, 3.8) is 0 Å². The number of hydrogen-bond acceptors (Lipinski definition) is 8. The van der Waals surface area contributed by atoms with Crippen LogP contribution in [-0.4, -0.2) is 29.1 Å². The summed E-state index contributed by atoms with van der Waals surface area (Å²) in [4.78, 5) is 26.1. The lowest BCUT2D eigenvalue weighted by atomic mass is 10.00. The van der Waals surface area contributed by atoms with Crippen molar-refractivity contribution in [1.29, 1.82) is 5.26 Å². The number of nitrogens with zero attached hydrogens (tertiary/aromatic N) is 7. The van der Waals surface area contributed by atoms with E-state index in [1.165, 1.54) is 10.6 Å². The third-order valence-electron chi connectivity index (χ3n) is 5.92. The molecule has 0 saturated heterocycles. The first kappa shape index (κ1) is 22.7. The van der Waals surface area contributed by atoms with Gasteiger partial charge in [-0.2, -0.15) is 14.8 Å². The summed E-state index contributed by atoms with van der Waals surface area (Å²) in [6.45, 7) is 4.83. The highest BCUT2D eigenvalue weighted by Gasteiger charge is 2.21. The van der Waals surface area contributed by atoms with Gasteiger partial charge in [0.15, 0.2) is 5.65 Å². The lowest BCUT2D eigenvalue weighted by Gasteiger charge is -2.13. The van der Waals surface area contributed by atoms with E-state index in [2.05, 4.69) is 26.5 Å². The molecule has 0 fully saturated rings. The molecule has 10 heteroatoms. The number of aromatic nitrogens is 6. The Balaban J connectivity index is 1.71. The molecule has 0 aliphatic rings. The molecule has 178 valence electrons. The molecule has 4 heterocycles. The molecule has 0 saturated carbocycles. The molecule has 0 radical (unpaired) electrons. The average molecular weight is 478 g/mol. The van der Waals surface area contributed by atoms with Crippen LogP contribution in [-0.2, 0) is 13.1 Å². The van der Waals surface area contributed by atoms with Crippen molar-refractivity contribution in [2.24, 2.45) is 0 Å². The monoisotopic (exact) mass is 477 g/mol. The van der Waals surface area contributed by atoms with Gasteiger partial charge in [0.2, 0.25) is 11.9 Å². The Kier molecular flexibility index (Phi) is 5.88. The summed E-state index contributed by atoms with van der Waals surface area (Å²) >= 11 is 0. The highest BCUT2D eigenvalue weighted by Crippen LogP contribution is 2.35. The molecule has 5 rings (SSSR count). The number of nitriles is 1. The van der Waals surface area contributed by atoms with E-state index in [0.717, 1.165) is 16.8 Å². The molecule has 4 aromatic heterocycles. The Hall–Kier alpha value is -5.04. The van der Waals surface area contributed by atoms with E-state index in [1.54, 1.807) is 41.2 Å². The van der Waals surface area contributed by atoms with Crippen LogP contribution in [0, 0.1) is 18.3 Å². The molecule has 10 nitrogen and oxygen atoms in total. The van der Waals surface area contributed by atoms with Crippen molar-refractivity contribution >= 4 is 17.5 Å². The van der Waals surface area contributed by atoms with Crippen molar-refractivity contribution in [1.82, 2.24) is 29.1 Å². The highest BCUT2D eigenvalue weighted by molar-refractivity contribution is 5.91. The van der Waals surface area contributed by atoms with E-state index in [9.17, 15) is 10.1 Å². The van der Waals surface area contributed by atoms with Gasteiger partial charge in [-0.25, -0.2) is 4.98 Å². The quantitative estimate of drug-likeness (QED) is 0.379. The number of rotatable bonds is 6. The van der Waals surface area contributed by atoms with Crippen molar-refractivity contribution in [2.75, 3.05) is 11.1 Å². The zero-order valence-electron chi connectivity index (χ0n) is 19.8. The summed E-state index contributed by atoms with van der Waals surface area (Å²) in [5.74, 6) is 0.506. The first-order chi connectivity index (χ1) is 17.5. The minimum atomic E-state index is -0.108. The molecule has 0 aliphatic heterocycles. The Labute approximate surface area is 206 Å². The largest absolute Gasteiger partial charge is 0.368 e. The normalized spacial score (nSPS) is 10.9. The smallest absolute Gasteiger partial charge is 0.250 e. The molecular weight excluding hydrogens is 454 g/mol. The van der Waals surface area contributed by atoms with Gasteiger partial charge in [0, 0.05) is 36.1 Å². The fourth-order valence-electron chi connectivity index (χ4n) is 4.04. The minimum Gasteiger partial charge on any atom is -0.368 e. The summed E-state index contributed by atoms with van der Waals surface area (Å²) in [6, 6.07) is 16.4. The van der Waals surface area contributed by atoms with Crippen molar-refractivity contribution in [3.05, 3.63) is 88.1 Å². The Bertz CT molecular complexity index is 1690. The van der Waals surface area contributed by atoms with Gasteiger partial charge in [-0.15, -0.1) is 5.10 Å². The number of fused-ring (bicyclic) bond motifs is 1. The van der Waals surface area contributed by atoms with Gasteiger partial charge in [0.05, 0.1) is 35.1 Å². The van der Waals surface area contributed by atoms with Gasteiger partial charge in [-0.1, -0.05) is 18.2 Å². The number of nitrogens with one attached hydrogen (secondary N) is 1. The maximum atomic E-state index is 12.3. The third-order valence-corrected chi connectivity index (χ3v) is 5.92. The van der Waals surface area contributed by atoms with Crippen LogP contribution in [0.4, 0.5) is 11.9 Å². The predicted octanol–water partition coefficient (Wildman–Crippen LogP) is 3.41. The van der Waals surface area contributed by atoms with Gasteiger partial charge in [0.25, 0.3) is 5.56 Å². The zero-order chi connectivity index (χ0) is 25.2. The standard InChI is InChI=1S/C26H23N9O/c1-3-34-15-19(9-10-21(34)36)22-23(18-8-4-7-17(12-18)13-27)31-25(28)35-24(22)32-26(33-35)30-14-20-16(2)6-5-11-29-20/h4-12,15H,3,14H2,1-2H3,(H2,28,31)(H,30,33). The van der Waals surface area contributed by atoms with E-state index in [4.69, 9.17) is 10.7 Å². The second-order valence-electron chi connectivity index (χ2n) is 8.22. The molecule has 0 amide bonds. The summed E-state index contributed by atoms with van der Waals surface area (Å²) in [5, 5.41) is 17.2. The van der Waals surface area contributed by atoms with Crippen LogP contribution in [0.15, 0.2) is 65.7 Å². The Morgan fingerprint density at radius 2 is 1.97 bits per heavy atom. The number of benzene rings is 1. The number of pyridine rings is 2. The summed E-state index contributed by atoms with van der Waals surface area (Å²) in [6.07, 6.45) is 3.51. The fourth-order valence-corrected chi connectivity index (χ4v) is 4.04. The molecule has 5 aromatic rings. The Morgan fingerprint density at radius 3 is 2.75 bits per heavy atom. The second-order valence-corrected chi connectivity index (χ2v) is 8.22. The van der Waals surface area contributed by atoms with Crippen molar-refractivity contribution in [3.8, 4) is 28.5 Å². The van der Waals surface area contributed by atoms with Gasteiger partial charge in [0.1, 0.15) is 0 Å². The molecule has 0 atom stereocenters. The number of hydrogen-bond donors (Lipinski definition) is 2. The molecule has 3 N–H and O–H groups in total. The number of nitrogens with two attached hydrogens (primary N) is 1. The van der Waals surface area contributed by atoms with Crippen LogP contribution in [0.2, 0.25) is 0 Å².